The molecule has 3 aliphatic rings. The van der Waals surface area contributed by atoms with Crippen molar-refractivity contribution in [2.75, 3.05) is 39.3 Å². The van der Waals surface area contributed by atoms with Crippen LogP contribution in [0.15, 0.2) is 0 Å². The summed E-state index contributed by atoms with van der Waals surface area (Å²) in [6.45, 7) is 6.71. The van der Waals surface area contributed by atoms with Gasteiger partial charge in [0.1, 0.15) is 0 Å². The van der Waals surface area contributed by atoms with Crippen LogP contribution in [0.3, 0.4) is 0 Å². The van der Waals surface area contributed by atoms with E-state index in [2.05, 4.69) is 4.90 Å². The van der Waals surface area contributed by atoms with E-state index in [0.29, 0.717) is 19.1 Å². The number of nitrogens with zero attached hydrogens (tertiary/aromatic N) is 3. The first-order valence-corrected chi connectivity index (χ1v) is 8.07. The molecule has 3 rings (SSSR count). The van der Waals surface area contributed by atoms with Crippen LogP contribution in [-0.4, -0.2) is 77.1 Å². The molecule has 3 heterocycles. The van der Waals surface area contributed by atoms with Crippen molar-refractivity contribution in [1.29, 1.82) is 0 Å². The van der Waals surface area contributed by atoms with Crippen molar-refractivity contribution in [3.05, 3.63) is 0 Å². The van der Waals surface area contributed by atoms with E-state index >= 15 is 0 Å². The van der Waals surface area contributed by atoms with Gasteiger partial charge in [0.15, 0.2) is 0 Å². The average Bonchev–Trinajstić information content (AvgIpc) is 2.99. The number of carboxylic acid groups (broad SMARTS) is 1. The molecule has 2 amide bonds. The summed E-state index contributed by atoms with van der Waals surface area (Å²) in [5.41, 5.74) is 0. The Balaban J connectivity index is 1.63. The van der Waals surface area contributed by atoms with Crippen LogP contribution in [0.25, 0.3) is 0 Å². The van der Waals surface area contributed by atoms with Crippen LogP contribution in [0.2, 0.25) is 0 Å². The van der Waals surface area contributed by atoms with Crippen LogP contribution in [0.5, 0.6) is 0 Å². The molecule has 0 saturated carbocycles. The topological polar surface area (TPSA) is 64.1 Å². The van der Waals surface area contributed by atoms with Gasteiger partial charge in [-0.15, -0.1) is 0 Å². The first kappa shape index (κ1) is 14.6. The van der Waals surface area contributed by atoms with Crippen molar-refractivity contribution in [3.63, 3.8) is 0 Å². The van der Waals surface area contributed by atoms with Crippen molar-refractivity contribution in [1.82, 2.24) is 14.7 Å². The van der Waals surface area contributed by atoms with E-state index in [1.807, 2.05) is 11.8 Å². The molecule has 3 atom stereocenters. The van der Waals surface area contributed by atoms with E-state index < -0.39 is 11.9 Å². The van der Waals surface area contributed by atoms with Crippen LogP contribution in [0, 0.1) is 11.8 Å². The number of hydrogen-bond acceptors (Lipinski definition) is 3. The van der Waals surface area contributed by atoms with Gasteiger partial charge in [-0.05, 0) is 31.7 Å². The Morgan fingerprint density at radius 2 is 1.76 bits per heavy atom. The van der Waals surface area contributed by atoms with E-state index in [1.165, 1.54) is 12.8 Å². The molecule has 3 aliphatic heterocycles. The Kier molecular flexibility index (Phi) is 4.06. The summed E-state index contributed by atoms with van der Waals surface area (Å²) in [5.74, 6) is -1.15. The van der Waals surface area contributed by atoms with Gasteiger partial charge in [-0.25, -0.2) is 4.79 Å². The third kappa shape index (κ3) is 2.86. The van der Waals surface area contributed by atoms with Crippen molar-refractivity contribution in [2.24, 2.45) is 11.8 Å². The molecule has 0 spiro atoms. The summed E-state index contributed by atoms with van der Waals surface area (Å²) < 4.78 is 0. The van der Waals surface area contributed by atoms with Gasteiger partial charge in [0, 0.05) is 38.8 Å². The van der Waals surface area contributed by atoms with Crippen LogP contribution in [0.4, 0.5) is 4.79 Å². The third-order valence-corrected chi connectivity index (χ3v) is 5.27. The van der Waals surface area contributed by atoms with E-state index in [0.717, 1.165) is 32.6 Å². The molecule has 118 valence electrons. The summed E-state index contributed by atoms with van der Waals surface area (Å²) in [6, 6.07) is 0.547. The highest BCUT2D eigenvalue weighted by Crippen LogP contribution is 2.26. The minimum Gasteiger partial charge on any atom is -0.481 e. The van der Waals surface area contributed by atoms with Crippen molar-refractivity contribution in [2.45, 2.75) is 32.2 Å². The molecule has 0 aromatic heterocycles. The maximum atomic E-state index is 12.7. The maximum Gasteiger partial charge on any atom is 0.320 e. The predicted octanol–water partition coefficient (Wildman–Crippen LogP) is 0.929. The smallest absolute Gasteiger partial charge is 0.320 e. The number of urea groups is 1. The molecule has 0 aliphatic carbocycles. The van der Waals surface area contributed by atoms with Gasteiger partial charge in [-0.3, -0.25) is 9.69 Å². The monoisotopic (exact) mass is 295 g/mol. The number of likely N-dealkylation sites (tertiary alicyclic amines) is 1. The first-order valence-electron chi connectivity index (χ1n) is 8.07. The standard InChI is InChI=1S/C15H25N3O3/c1-11-8-18(10-13(11)14(19)20)15(21)17-7-3-6-16-5-2-4-12(16)9-17/h11-13H,2-10H2,1H3,(H,19,20)/t11-,12?,13-/m1/s1. The molecule has 1 N–H and O–H groups in total. The van der Waals surface area contributed by atoms with Crippen LogP contribution in [-0.2, 0) is 4.79 Å². The molecule has 0 bridgehead atoms. The molecule has 0 aromatic rings. The minimum atomic E-state index is -0.782. The van der Waals surface area contributed by atoms with Crippen molar-refractivity contribution < 1.29 is 14.7 Å². The summed E-state index contributed by atoms with van der Waals surface area (Å²) in [4.78, 5) is 30.1. The number of fused-ring (bicyclic) bond motifs is 1. The van der Waals surface area contributed by atoms with Gasteiger partial charge in [-0.2, -0.15) is 0 Å². The summed E-state index contributed by atoms with van der Waals surface area (Å²) in [5, 5.41) is 9.20. The molecular weight excluding hydrogens is 270 g/mol. The van der Waals surface area contributed by atoms with Crippen molar-refractivity contribution >= 4 is 12.0 Å². The van der Waals surface area contributed by atoms with Gasteiger partial charge in [-0.1, -0.05) is 6.92 Å². The number of carbonyl (C=O) groups is 2. The third-order valence-electron chi connectivity index (χ3n) is 5.27. The lowest BCUT2D eigenvalue weighted by Gasteiger charge is -2.29. The lowest BCUT2D eigenvalue weighted by Crippen LogP contribution is -2.46. The molecular formula is C15H25N3O3. The Hall–Kier alpha value is -1.30. The zero-order valence-electron chi connectivity index (χ0n) is 12.7. The van der Waals surface area contributed by atoms with Crippen LogP contribution in [0.1, 0.15) is 26.2 Å². The molecule has 21 heavy (non-hydrogen) atoms. The lowest BCUT2D eigenvalue weighted by molar-refractivity contribution is -0.142. The largest absolute Gasteiger partial charge is 0.481 e. The molecule has 3 fully saturated rings. The maximum absolute atomic E-state index is 12.7. The highest BCUT2D eigenvalue weighted by Gasteiger charge is 2.39. The number of aliphatic carboxylic acids is 1. The molecule has 1 unspecified atom stereocenters. The minimum absolute atomic E-state index is 0.0411. The normalized spacial score (nSPS) is 33.9. The SMILES string of the molecule is C[C@@H]1CN(C(=O)N2CCCN3CCCC3C2)C[C@H]1C(=O)O. The Morgan fingerprint density at radius 3 is 2.48 bits per heavy atom. The Labute approximate surface area is 125 Å². The molecule has 0 aromatic carbocycles. The quantitative estimate of drug-likeness (QED) is 0.781. The number of rotatable bonds is 1. The predicted molar refractivity (Wildman–Crippen MR) is 78.0 cm³/mol. The lowest BCUT2D eigenvalue weighted by atomic mass is 9.99. The molecule has 0 radical (unpaired) electrons. The first-order chi connectivity index (χ1) is 10.1. The van der Waals surface area contributed by atoms with E-state index in [9.17, 15) is 14.7 Å². The van der Waals surface area contributed by atoms with Gasteiger partial charge >= 0.3 is 12.0 Å². The van der Waals surface area contributed by atoms with Crippen LogP contribution < -0.4 is 0 Å². The number of amides is 2. The van der Waals surface area contributed by atoms with Crippen LogP contribution >= 0.6 is 0 Å². The highest BCUT2D eigenvalue weighted by molar-refractivity contribution is 5.77. The van der Waals surface area contributed by atoms with Gasteiger partial charge in [0.25, 0.3) is 0 Å². The van der Waals surface area contributed by atoms with Gasteiger partial charge < -0.3 is 14.9 Å². The second kappa shape index (κ2) is 5.83. The van der Waals surface area contributed by atoms with E-state index in [1.54, 1.807) is 4.90 Å². The van der Waals surface area contributed by atoms with E-state index in [-0.39, 0.29) is 11.9 Å². The fourth-order valence-corrected chi connectivity index (χ4v) is 4.02. The summed E-state index contributed by atoms with van der Waals surface area (Å²) in [6.07, 6.45) is 3.43. The molecule has 6 nitrogen and oxygen atoms in total. The zero-order chi connectivity index (χ0) is 15.0. The number of hydrogen-bond donors (Lipinski definition) is 1. The van der Waals surface area contributed by atoms with E-state index in [4.69, 9.17) is 0 Å². The summed E-state index contributed by atoms with van der Waals surface area (Å²) >= 11 is 0. The highest BCUT2D eigenvalue weighted by atomic mass is 16.4. The molecule has 3 saturated heterocycles. The Bertz CT molecular complexity index is 428. The fraction of sp³-hybridized carbons (Fsp3) is 0.867. The number of carbonyl (C=O) groups excluding carboxylic acids is 1. The Morgan fingerprint density at radius 1 is 1.00 bits per heavy atom. The van der Waals surface area contributed by atoms with Gasteiger partial charge in [0.2, 0.25) is 0 Å². The van der Waals surface area contributed by atoms with Crippen molar-refractivity contribution in [3.8, 4) is 0 Å². The number of carboxylic acids is 1. The second-order valence-electron chi connectivity index (χ2n) is 6.74. The summed E-state index contributed by atoms with van der Waals surface area (Å²) in [7, 11) is 0. The van der Waals surface area contributed by atoms with Gasteiger partial charge in [0.05, 0.1) is 5.92 Å². The molecule has 6 heteroatoms. The fourth-order valence-electron chi connectivity index (χ4n) is 4.02. The zero-order valence-corrected chi connectivity index (χ0v) is 12.7. The second-order valence-corrected chi connectivity index (χ2v) is 6.74. The average molecular weight is 295 g/mol.